The first-order chi connectivity index (χ1) is 7.45. The number of aromatic nitrogens is 2. The van der Waals surface area contributed by atoms with Gasteiger partial charge in [-0.15, -0.1) is 0 Å². The van der Waals surface area contributed by atoms with Crippen molar-refractivity contribution in [3.05, 3.63) is 18.2 Å². The molecule has 0 aromatic carbocycles. The lowest BCUT2D eigenvalue weighted by atomic mass is 10.3. The maximum absolute atomic E-state index is 12.0. The van der Waals surface area contributed by atoms with Gasteiger partial charge in [0.25, 0.3) is 0 Å². The summed E-state index contributed by atoms with van der Waals surface area (Å²) < 4.78 is 37.7. The van der Waals surface area contributed by atoms with Crippen molar-refractivity contribution in [2.75, 3.05) is 6.54 Å². The highest BCUT2D eigenvalue weighted by Gasteiger charge is 2.37. The van der Waals surface area contributed by atoms with Gasteiger partial charge in [0.15, 0.2) is 6.10 Å². The Morgan fingerprint density at radius 1 is 1.56 bits per heavy atom. The van der Waals surface area contributed by atoms with Crippen LogP contribution in [0.2, 0.25) is 0 Å². The first-order valence-electron chi connectivity index (χ1n) is 4.89. The Labute approximate surface area is 91.1 Å². The second-order valence-electron chi connectivity index (χ2n) is 3.36. The minimum Gasteiger partial charge on any atom is -0.382 e. The molecule has 92 valence electrons. The van der Waals surface area contributed by atoms with Crippen LogP contribution in [0, 0.1) is 0 Å². The number of aliphatic hydroxyl groups excluding tert-OH is 1. The van der Waals surface area contributed by atoms with Gasteiger partial charge in [-0.1, -0.05) is 0 Å². The summed E-state index contributed by atoms with van der Waals surface area (Å²) in [5.74, 6) is 0. The van der Waals surface area contributed by atoms with E-state index in [1.54, 1.807) is 12.5 Å². The second kappa shape index (κ2) is 5.31. The molecule has 1 rings (SSSR count). The predicted molar refractivity (Wildman–Crippen MR) is 51.7 cm³/mol. The van der Waals surface area contributed by atoms with Crippen LogP contribution in [0.1, 0.15) is 12.6 Å². The smallest absolute Gasteiger partial charge is 0.382 e. The van der Waals surface area contributed by atoms with Crippen LogP contribution in [-0.4, -0.2) is 33.5 Å². The summed E-state index contributed by atoms with van der Waals surface area (Å²) in [5.41, 5.74) is 0.789. The Morgan fingerprint density at radius 3 is 2.81 bits per heavy atom. The molecule has 0 radical (unpaired) electrons. The quantitative estimate of drug-likeness (QED) is 0.800. The predicted octanol–water partition coefficient (Wildman–Crippen LogP) is 0.916. The van der Waals surface area contributed by atoms with Crippen LogP contribution in [-0.2, 0) is 13.1 Å². The van der Waals surface area contributed by atoms with Gasteiger partial charge in [0.2, 0.25) is 0 Å². The van der Waals surface area contributed by atoms with Crippen LogP contribution in [0.3, 0.4) is 0 Å². The van der Waals surface area contributed by atoms with Crippen molar-refractivity contribution >= 4 is 0 Å². The summed E-state index contributed by atoms with van der Waals surface area (Å²) in [6.45, 7) is 2.36. The average molecular weight is 237 g/mol. The van der Waals surface area contributed by atoms with Crippen LogP contribution >= 0.6 is 0 Å². The van der Waals surface area contributed by atoms with E-state index >= 15 is 0 Å². The van der Waals surface area contributed by atoms with E-state index < -0.39 is 18.8 Å². The molecule has 1 aromatic rings. The lowest BCUT2D eigenvalue weighted by molar-refractivity contribution is -0.201. The van der Waals surface area contributed by atoms with Crippen molar-refractivity contribution in [2.45, 2.75) is 32.3 Å². The van der Waals surface area contributed by atoms with Gasteiger partial charge in [-0.25, -0.2) is 4.98 Å². The molecule has 2 N–H and O–H groups in total. The largest absolute Gasteiger partial charge is 0.415 e. The fraction of sp³-hybridized carbons (Fsp3) is 0.667. The third kappa shape index (κ3) is 3.49. The topological polar surface area (TPSA) is 50.1 Å². The number of hydrogen-bond donors (Lipinski definition) is 2. The van der Waals surface area contributed by atoms with Crippen molar-refractivity contribution in [1.82, 2.24) is 14.9 Å². The molecule has 0 aliphatic carbocycles. The molecule has 0 amide bonds. The highest BCUT2D eigenvalue weighted by atomic mass is 19.4. The lowest BCUT2D eigenvalue weighted by Crippen LogP contribution is -2.38. The zero-order valence-electron chi connectivity index (χ0n) is 8.83. The molecule has 0 aliphatic rings. The molecule has 16 heavy (non-hydrogen) atoms. The minimum absolute atomic E-state index is 0.251. The van der Waals surface area contributed by atoms with E-state index in [1.807, 2.05) is 11.5 Å². The molecule has 4 nitrogen and oxygen atoms in total. The fourth-order valence-electron chi connectivity index (χ4n) is 1.23. The second-order valence-corrected chi connectivity index (χ2v) is 3.36. The Balaban J connectivity index is 2.36. The van der Waals surface area contributed by atoms with Crippen molar-refractivity contribution in [3.63, 3.8) is 0 Å². The number of alkyl halides is 3. The zero-order chi connectivity index (χ0) is 12.2. The molecular formula is C9H14F3N3O. The monoisotopic (exact) mass is 237 g/mol. The molecule has 1 atom stereocenters. The molecule has 0 bridgehead atoms. The number of halogens is 3. The van der Waals surface area contributed by atoms with Gasteiger partial charge < -0.3 is 15.0 Å². The number of nitrogens with one attached hydrogen (secondary N) is 1. The van der Waals surface area contributed by atoms with Crippen LogP contribution < -0.4 is 5.32 Å². The van der Waals surface area contributed by atoms with E-state index in [0.29, 0.717) is 6.54 Å². The number of hydrogen-bond acceptors (Lipinski definition) is 3. The SMILES string of the molecule is CCn1cncc1CNCC(O)C(F)(F)F. The van der Waals surface area contributed by atoms with E-state index in [4.69, 9.17) is 5.11 Å². The van der Waals surface area contributed by atoms with Crippen molar-refractivity contribution < 1.29 is 18.3 Å². The van der Waals surface area contributed by atoms with Crippen LogP contribution in [0.4, 0.5) is 13.2 Å². The van der Waals surface area contributed by atoms with Crippen LogP contribution in [0.15, 0.2) is 12.5 Å². The Morgan fingerprint density at radius 2 is 2.25 bits per heavy atom. The lowest BCUT2D eigenvalue weighted by Gasteiger charge is -2.15. The summed E-state index contributed by atoms with van der Waals surface area (Å²) >= 11 is 0. The normalized spacial score (nSPS) is 14.1. The molecule has 7 heteroatoms. The third-order valence-corrected chi connectivity index (χ3v) is 2.16. The molecule has 1 heterocycles. The first-order valence-corrected chi connectivity index (χ1v) is 4.89. The number of rotatable bonds is 5. The zero-order valence-corrected chi connectivity index (χ0v) is 8.83. The number of imidazole rings is 1. The van der Waals surface area contributed by atoms with Gasteiger partial charge in [0.1, 0.15) is 0 Å². The Hall–Kier alpha value is -1.08. The van der Waals surface area contributed by atoms with E-state index in [1.165, 1.54) is 0 Å². The molecule has 1 aromatic heterocycles. The Bertz CT molecular complexity index is 324. The minimum atomic E-state index is -4.57. The van der Waals surface area contributed by atoms with E-state index in [9.17, 15) is 13.2 Å². The van der Waals surface area contributed by atoms with Crippen molar-refractivity contribution in [3.8, 4) is 0 Å². The Kier molecular flexibility index (Phi) is 4.31. The molecule has 0 aliphatic heterocycles. The number of aryl methyl sites for hydroxylation is 1. The summed E-state index contributed by atoms with van der Waals surface area (Å²) in [5, 5.41) is 11.3. The molecule has 0 saturated carbocycles. The van der Waals surface area contributed by atoms with Crippen LogP contribution in [0.25, 0.3) is 0 Å². The standard InChI is InChI=1S/C9H14F3N3O/c1-2-15-6-14-4-7(15)3-13-5-8(16)9(10,11)12/h4,6,8,13,16H,2-3,5H2,1H3. The number of aliphatic hydroxyl groups is 1. The molecule has 1 unspecified atom stereocenters. The van der Waals surface area contributed by atoms with Gasteiger partial charge >= 0.3 is 6.18 Å². The molecular weight excluding hydrogens is 223 g/mol. The summed E-state index contributed by atoms with van der Waals surface area (Å²) in [7, 11) is 0. The van der Waals surface area contributed by atoms with Crippen LogP contribution in [0.5, 0.6) is 0 Å². The summed E-state index contributed by atoms with van der Waals surface area (Å²) in [4.78, 5) is 3.88. The molecule has 0 saturated heterocycles. The van der Waals surface area contributed by atoms with E-state index in [0.717, 1.165) is 5.69 Å². The maximum Gasteiger partial charge on any atom is 0.415 e. The maximum atomic E-state index is 12.0. The highest BCUT2D eigenvalue weighted by molar-refractivity contribution is 4.97. The van der Waals surface area contributed by atoms with Crippen molar-refractivity contribution in [1.29, 1.82) is 0 Å². The van der Waals surface area contributed by atoms with Gasteiger partial charge in [0, 0.05) is 25.8 Å². The van der Waals surface area contributed by atoms with Gasteiger partial charge in [-0.2, -0.15) is 13.2 Å². The highest BCUT2D eigenvalue weighted by Crippen LogP contribution is 2.19. The fourth-order valence-corrected chi connectivity index (χ4v) is 1.23. The van der Waals surface area contributed by atoms with Gasteiger partial charge in [0.05, 0.1) is 12.0 Å². The number of nitrogens with zero attached hydrogens (tertiary/aromatic N) is 2. The average Bonchev–Trinajstić information content (AvgIpc) is 2.63. The van der Waals surface area contributed by atoms with Crippen molar-refractivity contribution in [2.24, 2.45) is 0 Å². The first kappa shape index (κ1) is 13.0. The third-order valence-electron chi connectivity index (χ3n) is 2.16. The van der Waals surface area contributed by atoms with E-state index in [2.05, 4.69) is 10.3 Å². The van der Waals surface area contributed by atoms with Gasteiger partial charge in [-0.3, -0.25) is 0 Å². The summed E-state index contributed by atoms with van der Waals surface area (Å²) in [6, 6.07) is 0. The molecule has 0 spiro atoms. The summed E-state index contributed by atoms with van der Waals surface area (Å²) in [6.07, 6.45) is -3.71. The van der Waals surface area contributed by atoms with Gasteiger partial charge in [-0.05, 0) is 6.92 Å². The van der Waals surface area contributed by atoms with E-state index in [-0.39, 0.29) is 6.54 Å². The molecule has 0 fully saturated rings.